The van der Waals surface area contributed by atoms with Crippen LogP contribution in [0.5, 0.6) is 0 Å². The Kier molecular flexibility index (Phi) is 6.86. The number of aliphatic carboxylic acids is 1. The fraction of sp³-hybridized carbons (Fsp3) is 0.667. The molecule has 0 spiro atoms. The van der Waals surface area contributed by atoms with Crippen molar-refractivity contribution in [2.24, 2.45) is 0 Å². The number of hydrogen-bond donors (Lipinski definition) is 3. The standard InChI is InChI=1S/C9H16N2O5/c1-6(5-16-2)10-9(15)11-7(12)3-4-8(13)14/h6H,3-5H2,1-2H3,(H,13,14)(H2,10,11,12,15). The van der Waals surface area contributed by atoms with Crippen LogP contribution >= 0.6 is 0 Å². The lowest BCUT2D eigenvalue weighted by molar-refractivity contribution is -0.138. The van der Waals surface area contributed by atoms with Crippen LogP contribution in [0.15, 0.2) is 0 Å². The number of urea groups is 1. The highest BCUT2D eigenvalue weighted by molar-refractivity contribution is 5.95. The van der Waals surface area contributed by atoms with Crippen molar-refractivity contribution in [3.8, 4) is 0 Å². The van der Waals surface area contributed by atoms with E-state index in [1.54, 1.807) is 6.92 Å². The molecule has 0 radical (unpaired) electrons. The molecular weight excluding hydrogens is 216 g/mol. The molecule has 0 aliphatic heterocycles. The van der Waals surface area contributed by atoms with E-state index in [-0.39, 0.29) is 18.9 Å². The number of methoxy groups -OCH3 is 1. The van der Waals surface area contributed by atoms with Gasteiger partial charge in [-0.1, -0.05) is 0 Å². The summed E-state index contributed by atoms with van der Waals surface area (Å²) in [4.78, 5) is 32.3. The number of carbonyl (C=O) groups excluding carboxylic acids is 2. The van der Waals surface area contributed by atoms with E-state index >= 15 is 0 Å². The Hall–Kier alpha value is -1.63. The summed E-state index contributed by atoms with van der Waals surface area (Å²) in [7, 11) is 1.49. The first-order valence-electron chi connectivity index (χ1n) is 4.76. The minimum Gasteiger partial charge on any atom is -0.481 e. The summed E-state index contributed by atoms with van der Waals surface area (Å²) >= 11 is 0. The average Bonchev–Trinajstić information content (AvgIpc) is 2.14. The van der Waals surface area contributed by atoms with Crippen molar-refractivity contribution in [1.29, 1.82) is 0 Å². The maximum atomic E-state index is 11.1. The molecule has 0 heterocycles. The molecule has 1 atom stereocenters. The molecular formula is C9H16N2O5. The summed E-state index contributed by atoms with van der Waals surface area (Å²) in [6.07, 6.45) is -0.520. The Morgan fingerprint density at radius 1 is 1.31 bits per heavy atom. The van der Waals surface area contributed by atoms with Crippen LogP contribution in [0.3, 0.4) is 0 Å². The zero-order valence-corrected chi connectivity index (χ0v) is 9.28. The topological polar surface area (TPSA) is 105 Å². The Balaban J connectivity index is 3.78. The van der Waals surface area contributed by atoms with Crippen LogP contribution in [0.4, 0.5) is 4.79 Å². The van der Waals surface area contributed by atoms with E-state index in [0.717, 1.165) is 0 Å². The first kappa shape index (κ1) is 14.4. The Bertz CT molecular complexity index is 267. The summed E-state index contributed by atoms with van der Waals surface area (Å²) < 4.78 is 4.78. The van der Waals surface area contributed by atoms with Gasteiger partial charge in [0.1, 0.15) is 0 Å². The highest BCUT2D eigenvalue weighted by Crippen LogP contribution is 1.89. The van der Waals surface area contributed by atoms with Gasteiger partial charge in [0, 0.05) is 13.5 Å². The lowest BCUT2D eigenvalue weighted by Crippen LogP contribution is -2.45. The number of carboxylic acids is 1. The normalized spacial score (nSPS) is 11.6. The van der Waals surface area contributed by atoms with Gasteiger partial charge in [-0.3, -0.25) is 14.9 Å². The van der Waals surface area contributed by atoms with Crippen LogP contribution < -0.4 is 10.6 Å². The van der Waals surface area contributed by atoms with Crippen LogP contribution in [0.1, 0.15) is 19.8 Å². The van der Waals surface area contributed by atoms with Crippen molar-refractivity contribution in [2.45, 2.75) is 25.8 Å². The van der Waals surface area contributed by atoms with E-state index < -0.39 is 17.9 Å². The fourth-order valence-corrected chi connectivity index (χ4v) is 0.961. The molecule has 0 aliphatic rings. The van der Waals surface area contributed by atoms with E-state index in [0.29, 0.717) is 6.61 Å². The second-order valence-corrected chi connectivity index (χ2v) is 3.27. The van der Waals surface area contributed by atoms with Gasteiger partial charge in [0.25, 0.3) is 0 Å². The number of amides is 3. The Morgan fingerprint density at radius 3 is 2.44 bits per heavy atom. The molecule has 0 saturated carbocycles. The second-order valence-electron chi connectivity index (χ2n) is 3.27. The monoisotopic (exact) mass is 232 g/mol. The van der Waals surface area contributed by atoms with Gasteiger partial charge in [-0.15, -0.1) is 0 Å². The Morgan fingerprint density at radius 2 is 1.94 bits per heavy atom. The van der Waals surface area contributed by atoms with Crippen LogP contribution in [-0.4, -0.2) is 42.8 Å². The highest BCUT2D eigenvalue weighted by Gasteiger charge is 2.11. The van der Waals surface area contributed by atoms with Gasteiger partial charge in [-0.05, 0) is 6.92 Å². The molecule has 0 fully saturated rings. The van der Waals surface area contributed by atoms with Gasteiger partial charge >= 0.3 is 12.0 Å². The van der Waals surface area contributed by atoms with Crippen LogP contribution in [0, 0.1) is 0 Å². The van der Waals surface area contributed by atoms with Gasteiger partial charge in [0.05, 0.1) is 19.1 Å². The molecule has 1 unspecified atom stereocenters. The summed E-state index contributed by atoms with van der Waals surface area (Å²) in [5, 5.41) is 12.8. The lowest BCUT2D eigenvalue weighted by atomic mass is 10.3. The van der Waals surface area contributed by atoms with Crippen LogP contribution in [0.25, 0.3) is 0 Å². The van der Waals surface area contributed by atoms with Crippen molar-refractivity contribution in [2.75, 3.05) is 13.7 Å². The van der Waals surface area contributed by atoms with Gasteiger partial charge < -0.3 is 15.2 Å². The van der Waals surface area contributed by atoms with Crippen LogP contribution in [-0.2, 0) is 14.3 Å². The molecule has 0 aromatic carbocycles. The van der Waals surface area contributed by atoms with Gasteiger partial charge in [-0.25, -0.2) is 4.79 Å². The molecule has 3 amide bonds. The SMILES string of the molecule is COCC(C)NC(=O)NC(=O)CCC(=O)O. The van der Waals surface area contributed by atoms with Gasteiger partial charge in [-0.2, -0.15) is 0 Å². The summed E-state index contributed by atoms with van der Waals surface area (Å²) in [5.74, 6) is -1.70. The van der Waals surface area contributed by atoms with Gasteiger partial charge in [0.2, 0.25) is 5.91 Å². The molecule has 3 N–H and O–H groups in total. The number of hydrogen-bond acceptors (Lipinski definition) is 4. The largest absolute Gasteiger partial charge is 0.481 e. The van der Waals surface area contributed by atoms with E-state index in [1.807, 2.05) is 5.32 Å². The smallest absolute Gasteiger partial charge is 0.321 e. The summed E-state index contributed by atoms with van der Waals surface area (Å²) in [6, 6.07) is -0.878. The molecule has 0 saturated heterocycles. The average molecular weight is 232 g/mol. The molecule has 0 bridgehead atoms. The minimum atomic E-state index is -1.08. The lowest BCUT2D eigenvalue weighted by Gasteiger charge is -2.12. The molecule has 16 heavy (non-hydrogen) atoms. The summed E-state index contributed by atoms with van der Waals surface area (Å²) in [5.41, 5.74) is 0. The van der Waals surface area contributed by atoms with Crippen molar-refractivity contribution >= 4 is 17.9 Å². The Labute approximate surface area is 93.2 Å². The molecule has 0 aromatic rings. The third-order valence-electron chi connectivity index (χ3n) is 1.61. The van der Waals surface area contributed by atoms with E-state index in [1.165, 1.54) is 7.11 Å². The van der Waals surface area contributed by atoms with Crippen molar-refractivity contribution in [3.05, 3.63) is 0 Å². The van der Waals surface area contributed by atoms with Crippen molar-refractivity contribution in [1.82, 2.24) is 10.6 Å². The van der Waals surface area contributed by atoms with E-state index in [4.69, 9.17) is 9.84 Å². The predicted octanol–water partition coefficient (Wildman–Crippen LogP) is -0.288. The maximum Gasteiger partial charge on any atom is 0.321 e. The van der Waals surface area contributed by atoms with Crippen LogP contribution in [0.2, 0.25) is 0 Å². The molecule has 92 valence electrons. The zero-order valence-electron chi connectivity index (χ0n) is 9.28. The first-order chi connectivity index (χ1) is 7.45. The number of imide groups is 1. The second kappa shape index (κ2) is 7.63. The first-order valence-corrected chi connectivity index (χ1v) is 4.76. The number of rotatable bonds is 6. The molecule has 7 nitrogen and oxygen atoms in total. The predicted molar refractivity (Wildman–Crippen MR) is 54.9 cm³/mol. The molecule has 0 aliphatic carbocycles. The molecule has 7 heteroatoms. The molecule has 0 aromatic heterocycles. The number of carbonyl (C=O) groups is 3. The highest BCUT2D eigenvalue weighted by atomic mass is 16.5. The summed E-state index contributed by atoms with van der Waals surface area (Å²) in [6.45, 7) is 2.04. The van der Waals surface area contributed by atoms with E-state index in [2.05, 4.69) is 5.32 Å². The molecule has 0 rings (SSSR count). The van der Waals surface area contributed by atoms with E-state index in [9.17, 15) is 14.4 Å². The number of nitrogens with one attached hydrogen (secondary N) is 2. The third kappa shape index (κ3) is 7.74. The van der Waals surface area contributed by atoms with Crippen molar-refractivity contribution in [3.63, 3.8) is 0 Å². The third-order valence-corrected chi connectivity index (χ3v) is 1.61. The number of carboxylic acid groups (broad SMARTS) is 1. The minimum absolute atomic E-state index is 0.221. The van der Waals surface area contributed by atoms with Crippen molar-refractivity contribution < 1.29 is 24.2 Å². The zero-order chi connectivity index (χ0) is 12.6. The maximum absolute atomic E-state index is 11.1. The number of ether oxygens (including phenoxy) is 1. The fourth-order valence-electron chi connectivity index (χ4n) is 0.961. The quantitative estimate of drug-likeness (QED) is 0.583. The van der Waals surface area contributed by atoms with Gasteiger partial charge in [0.15, 0.2) is 0 Å².